The minimum Gasteiger partial charge on any atom is -0.416 e. The molecule has 0 aromatic carbocycles. The fourth-order valence-corrected chi connectivity index (χ4v) is 8.55. The standard InChI is InChI=1S/C30H66O5Si3/c1-21(20-32-36(14,15)27(4,5)6)25(34-37(16,17)28(7,8)9)30(13)26(22(2)24(31)23(3)33-30)35-38(18,19)29(10,11)12/h21-26,31H,20H2,1-19H3/t21-,22+,23-,24+,25-,26-,30+/m1/s1. The summed E-state index contributed by atoms with van der Waals surface area (Å²) in [7, 11) is -6.32. The van der Waals surface area contributed by atoms with Gasteiger partial charge in [-0.3, -0.25) is 0 Å². The van der Waals surface area contributed by atoms with Gasteiger partial charge < -0.3 is 23.1 Å². The zero-order valence-corrected chi connectivity index (χ0v) is 31.8. The summed E-state index contributed by atoms with van der Waals surface area (Å²) in [6.45, 7) is 43.5. The quantitative estimate of drug-likeness (QED) is 0.273. The number of rotatable bonds is 9. The first-order valence-corrected chi connectivity index (χ1v) is 23.6. The maximum atomic E-state index is 11.2. The SMILES string of the molecule is C[C@H]1[C@H](O)[C@@H](C)O[C@@](C)([C@H](O[Si](C)(C)C(C)(C)C)[C@H](C)CO[Si](C)(C)C(C)(C)C)[C@@H]1O[Si](C)(C)C(C)(C)C. The van der Waals surface area contributed by atoms with Gasteiger partial charge in [-0.2, -0.15) is 0 Å². The lowest BCUT2D eigenvalue weighted by molar-refractivity contribution is -0.268. The molecule has 1 aliphatic rings. The molecule has 0 aromatic heterocycles. The Hall–Kier alpha value is 0.451. The molecule has 0 saturated carbocycles. The first-order valence-electron chi connectivity index (χ1n) is 14.9. The Balaban J connectivity index is 3.67. The van der Waals surface area contributed by atoms with Gasteiger partial charge in [0.1, 0.15) is 5.60 Å². The predicted octanol–water partition coefficient (Wildman–Crippen LogP) is 8.60. The molecule has 5 nitrogen and oxygen atoms in total. The van der Waals surface area contributed by atoms with Crippen LogP contribution in [0, 0.1) is 11.8 Å². The van der Waals surface area contributed by atoms with E-state index < -0.39 is 36.7 Å². The molecule has 0 radical (unpaired) electrons. The van der Waals surface area contributed by atoms with Crippen LogP contribution in [0.2, 0.25) is 54.4 Å². The lowest BCUT2D eigenvalue weighted by Gasteiger charge is -2.58. The van der Waals surface area contributed by atoms with Gasteiger partial charge in [0.2, 0.25) is 0 Å². The summed E-state index contributed by atoms with van der Waals surface area (Å²) in [5.41, 5.74) is -0.737. The van der Waals surface area contributed by atoms with Gasteiger partial charge in [0.05, 0.1) is 24.4 Å². The largest absolute Gasteiger partial charge is 0.416 e. The average Bonchev–Trinajstić information content (AvgIpc) is 2.69. The van der Waals surface area contributed by atoms with Crippen molar-refractivity contribution in [3.63, 3.8) is 0 Å². The van der Waals surface area contributed by atoms with Gasteiger partial charge in [-0.25, -0.2) is 0 Å². The lowest BCUT2D eigenvalue weighted by atomic mass is 9.75. The smallest absolute Gasteiger partial charge is 0.192 e. The second-order valence-electron chi connectivity index (χ2n) is 17.0. The topological polar surface area (TPSA) is 57.2 Å². The molecule has 1 saturated heterocycles. The van der Waals surface area contributed by atoms with Crippen molar-refractivity contribution in [1.29, 1.82) is 0 Å². The Labute approximate surface area is 240 Å². The van der Waals surface area contributed by atoms with E-state index in [0.717, 1.165) is 0 Å². The number of ether oxygens (including phenoxy) is 1. The molecule has 8 heteroatoms. The molecule has 0 unspecified atom stereocenters. The van der Waals surface area contributed by atoms with Crippen LogP contribution in [-0.2, 0) is 18.0 Å². The Morgan fingerprint density at radius 1 is 0.789 bits per heavy atom. The molecule has 1 aliphatic heterocycles. The predicted molar refractivity (Wildman–Crippen MR) is 171 cm³/mol. The van der Waals surface area contributed by atoms with Gasteiger partial charge in [-0.15, -0.1) is 0 Å². The molecule has 0 amide bonds. The van der Waals surface area contributed by atoms with Crippen LogP contribution in [0.3, 0.4) is 0 Å². The summed E-state index contributed by atoms with van der Waals surface area (Å²) in [5, 5.41) is 11.4. The highest BCUT2D eigenvalue weighted by atomic mass is 28.4. The highest BCUT2D eigenvalue weighted by molar-refractivity contribution is 6.75. The molecule has 1 rings (SSSR count). The van der Waals surface area contributed by atoms with Gasteiger partial charge in [0, 0.05) is 18.4 Å². The Morgan fingerprint density at radius 3 is 1.61 bits per heavy atom. The van der Waals surface area contributed by atoms with Gasteiger partial charge in [0.15, 0.2) is 25.0 Å². The fourth-order valence-electron chi connectivity index (χ4n) is 4.55. The fraction of sp³-hybridized carbons (Fsp3) is 1.00. The van der Waals surface area contributed by atoms with E-state index in [1.165, 1.54) is 0 Å². The first kappa shape index (κ1) is 36.5. The first-order chi connectivity index (χ1) is 16.5. The zero-order chi connectivity index (χ0) is 30.5. The van der Waals surface area contributed by atoms with Crippen molar-refractivity contribution in [2.75, 3.05) is 6.61 Å². The van der Waals surface area contributed by atoms with Crippen LogP contribution in [0.5, 0.6) is 0 Å². The third-order valence-electron chi connectivity index (χ3n) is 10.6. The summed E-state index contributed by atoms with van der Waals surface area (Å²) in [6.07, 6.45) is -1.43. The van der Waals surface area contributed by atoms with E-state index in [1.54, 1.807) is 0 Å². The van der Waals surface area contributed by atoms with Crippen molar-refractivity contribution >= 4 is 25.0 Å². The van der Waals surface area contributed by atoms with Crippen LogP contribution in [-0.4, -0.2) is 66.7 Å². The molecule has 0 aliphatic carbocycles. The van der Waals surface area contributed by atoms with Crippen LogP contribution in [0.1, 0.15) is 90.0 Å². The molecule has 7 atom stereocenters. The maximum Gasteiger partial charge on any atom is 0.192 e. The molecule has 1 heterocycles. The molecule has 38 heavy (non-hydrogen) atoms. The van der Waals surface area contributed by atoms with E-state index in [0.29, 0.717) is 6.61 Å². The number of aliphatic hydroxyl groups excluding tert-OH is 1. The van der Waals surface area contributed by atoms with Crippen molar-refractivity contribution in [3.05, 3.63) is 0 Å². The van der Waals surface area contributed by atoms with E-state index in [-0.39, 0.29) is 45.3 Å². The molecular formula is C30H66O5Si3. The van der Waals surface area contributed by atoms with Crippen molar-refractivity contribution in [1.82, 2.24) is 0 Å². The van der Waals surface area contributed by atoms with E-state index in [1.807, 2.05) is 6.92 Å². The highest BCUT2D eigenvalue weighted by Crippen LogP contribution is 2.48. The van der Waals surface area contributed by atoms with Crippen LogP contribution >= 0.6 is 0 Å². The Bertz CT molecular complexity index is 778. The number of aliphatic hydroxyl groups is 1. The van der Waals surface area contributed by atoms with Crippen molar-refractivity contribution < 1.29 is 23.1 Å². The summed E-state index contributed by atoms with van der Waals surface area (Å²) in [5.74, 6) is 0.000286. The van der Waals surface area contributed by atoms with Crippen molar-refractivity contribution in [3.8, 4) is 0 Å². The maximum absolute atomic E-state index is 11.2. The average molecular weight is 591 g/mol. The summed E-state index contributed by atoms with van der Waals surface area (Å²) in [6, 6.07) is 0. The van der Waals surface area contributed by atoms with E-state index in [2.05, 4.69) is 122 Å². The minimum atomic E-state index is -2.19. The van der Waals surface area contributed by atoms with E-state index >= 15 is 0 Å². The molecule has 1 fully saturated rings. The molecule has 0 bridgehead atoms. The molecule has 1 N–H and O–H groups in total. The van der Waals surface area contributed by atoms with Gasteiger partial charge >= 0.3 is 0 Å². The monoisotopic (exact) mass is 590 g/mol. The summed E-state index contributed by atoms with van der Waals surface area (Å²) < 4.78 is 28.1. The highest BCUT2D eigenvalue weighted by Gasteiger charge is 2.59. The van der Waals surface area contributed by atoms with Crippen molar-refractivity contribution in [2.24, 2.45) is 11.8 Å². The normalized spacial score (nSPS) is 30.3. The van der Waals surface area contributed by atoms with Crippen LogP contribution < -0.4 is 0 Å². The van der Waals surface area contributed by atoms with Crippen LogP contribution in [0.25, 0.3) is 0 Å². The Kier molecular flexibility index (Phi) is 11.1. The molecule has 0 aromatic rings. The van der Waals surface area contributed by atoms with Gasteiger partial charge in [-0.05, 0) is 68.2 Å². The molecule has 0 spiro atoms. The second kappa shape index (κ2) is 11.6. The minimum absolute atomic E-state index is 0.0362. The van der Waals surface area contributed by atoms with E-state index in [4.69, 9.17) is 18.0 Å². The third-order valence-corrected chi connectivity index (χ3v) is 24.0. The lowest BCUT2D eigenvalue weighted by Crippen LogP contribution is -2.70. The molecular weight excluding hydrogens is 525 g/mol. The van der Waals surface area contributed by atoms with Crippen LogP contribution in [0.15, 0.2) is 0 Å². The van der Waals surface area contributed by atoms with Gasteiger partial charge in [0.25, 0.3) is 0 Å². The second-order valence-corrected chi connectivity index (χ2v) is 31.3. The number of hydrogen-bond donors (Lipinski definition) is 1. The van der Waals surface area contributed by atoms with Crippen molar-refractivity contribution in [2.45, 2.75) is 174 Å². The number of hydrogen-bond acceptors (Lipinski definition) is 5. The van der Waals surface area contributed by atoms with Gasteiger partial charge in [-0.1, -0.05) is 76.2 Å². The summed E-state index contributed by atoms with van der Waals surface area (Å²) in [4.78, 5) is 0. The van der Waals surface area contributed by atoms with E-state index in [9.17, 15) is 5.11 Å². The zero-order valence-electron chi connectivity index (χ0n) is 28.8. The van der Waals surface area contributed by atoms with Crippen LogP contribution in [0.4, 0.5) is 0 Å². The third kappa shape index (κ3) is 7.84. The summed E-state index contributed by atoms with van der Waals surface area (Å²) >= 11 is 0. The Morgan fingerprint density at radius 2 is 1.21 bits per heavy atom. The molecule has 228 valence electrons.